The number of para-hydroxylation sites is 1. The molecular formula is C24H21N3O6. The summed E-state index contributed by atoms with van der Waals surface area (Å²) in [5, 5.41) is 13.0. The molecule has 33 heavy (non-hydrogen) atoms. The minimum atomic E-state index is -0.961. The fourth-order valence-corrected chi connectivity index (χ4v) is 4.30. The third kappa shape index (κ3) is 4.05. The Morgan fingerprint density at radius 3 is 2.36 bits per heavy atom. The standard InChI is InChI=1S/C24H21N3O6/c1-15-11-12-17-19(13-15)24(31)26(23(17)30)25(14-21(28)16-7-3-2-4-8-16)22(29)18-9-5-6-10-20(18)27(32)33/h2-11,17,19H,12-14H2,1H3/t17-,19-/m1/s1. The van der Waals surface area contributed by atoms with Crippen LogP contribution in [0.3, 0.4) is 0 Å². The van der Waals surface area contributed by atoms with E-state index in [1.807, 2.05) is 13.0 Å². The van der Waals surface area contributed by atoms with Crippen LogP contribution in [-0.2, 0) is 9.59 Å². The molecule has 1 fully saturated rings. The van der Waals surface area contributed by atoms with Crippen molar-refractivity contribution in [3.05, 3.63) is 87.5 Å². The Hall–Kier alpha value is -4.14. The van der Waals surface area contributed by atoms with E-state index in [2.05, 4.69) is 0 Å². The molecule has 4 rings (SSSR count). The van der Waals surface area contributed by atoms with Gasteiger partial charge in [0.25, 0.3) is 23.4 Å². The first-order valence-electron chi connectivity index (χ1n) is 10.5. The van der Waals surface area contributed by atoms with Gasteiger partial charge in [-0.3, -0.25) is 29.3 Å². The lowest BCUT2D eigenvalue weighted by molar-refractivity contribution is -0.385. The van der Waals surface area contributed by atoms with Crippen LogP contribution in [0.2, 0.25) is 0 Å². The van der Waals surface area contributed by atoms with Crippen LogP contribution in [-0.4, -0.2) is 45.0 Å². The number of allylic oxidation sites excluding steroid dienone is 2. The molecule has 168 valence electrons. The van der Waals surface area contributed by atoms with Crippen LogP contribution in [0.15, 0.2) is 66.2 Å². The van der Waals surface area contributed by atoms with Gasteiger partial charge in [-0.25, -0.2) is 5.01 Å². The molecule has 0 radical (unpaired) electrons. The van der Waals surface area contributed by atoms with Gasteiger partial charge in [0.15, 0.2) is 5.78 Å². The molecule has 9 heteroatoms. The summed E-state index contributed by atoms with van der Waals surface area (Å²) in [6, 6.07) is 13.4. The van der Waals surface area contributed by atoms with Crippen molar-refractivity contribution in [2.45, 2.75) is 19.8 Å². The summed E-state index contributed by atoms with van der Waals surface area (Å²) in [6.45, 7) is 1.25. The van der Waals surface area contributed by atoms with Crippen molar-refractivity contribution in [1.82, 2.24) is 10.0 Å². The molecule has 2 aromatic carbocycles. The van der Waals surface area contributed by atoms with Crippen LogP contribution in [0.4, 0.5) is 5.69 Å². The average Bonchev–Trinajstić information content (AvgIpc) is 3.06. The number of hydrogen-bond acceptors (Lipinski definition) is 6. The van der Waals surface area contributed by atoms with E-state index in [1.165, 1.54) is 18.2 Å². The smallest absolute Gasteiger partial charge is 0.282 e. The third-order valence-corrected chi connectivity index (χ3v) is 6.00. The molecule has 3 amide bonds. The van der Waals surface area contributed by atoms with Crippen LogP contribution < -0.4 is 0 Å². The summed E-state index contributed by atoms with van der Waals surface area (Å²) in [7, 11) is 0. The van der Waals surface area contributed by atoms with Gasteiger partial charge < -0.3 is 0 Å². The van der Waals surface area contributed by atoms with E-state index in [0.717, 1.165) is 21.7 Å². The van der Waals surface area contributed by atoms with Crippen LogP contribution >= 0.6 is 0 Å². The second kappa shape index (κ2) is 8.78. The summed E-state index contributed by atoms with van der Waals surface area (Å²) in [5.74, 6) is -3.89. The number of imide groups is 1. The van der Waals surface area contributed by atoms with Crippen molar-refractivity contribution in [3.8, 4) is 0 Å². The van der Waals surface area contributed by atoms with Crippen LogP contribution in [0.5, 0.6) is 0 Å². The number of fused-ring (bicyclic) bond motifs is 1. The molecule has 1 heterocycles. The molecule has 1 aliphatic heterocycles. The van der Waals surface area contributed by atoms with Gasteiger partial charge in [-0.2, -0.15) is 5.01 Å². The van der Waals surface area contributed by atoms with Crippen molar-refractivity contribution in [1.29, 1.82) is 0 Å². The molecule has 2 atom stereocenters. The van der Waals surface area contributed by atoms with Crippen LogP contribution in [0.1, 0.15) is 40.5 Å². The number of ketones is 1. The van der Waals surface area contributed by atoms with E-state index in [-0.39, 0.29) is 11.1 Å². The zero-order valence-electron chi connectivity index (χ0n) is 17.8. The maximum Gasteiger partial charge on any atom is 0.282 e. The molecule has 0 bridgehead atoms. The van der Waals surface area contributed by atoms with Crippen molar-refractivity contribution in [2.75, 3.05) is 6.54 Å². The lowest BCUT2D eigenvalue weighted by Gasteiger charge is -2.30. The quantitative estimate of drug-likeness (QED) is 0.221. The van der Waals surface area contributed by atoms with Gasteiger partial charge in [0.2, 0.25) is 0 Å². The van der Waals surface area contributed by atoms with E-state index in [9.17, 15) is 29.3 Å². The molecule has 0 spiro atoms. The van der Waals surface area contributed by atoms with Crippen molar-refractivity contribution < 1.29 is 24.1 Å². The number of carbonyl (C=O) groups excluding carboxylic acids is 4. The Morgan fingerprint density at radius 2 is 1.67 bits per heavy atom. The van der Waals surface area contributed by atoms with E-state index in [4.69, 9.17) is 0 Å². The van der Waals surface area contributed by atoms with Gasteiger partial charge in [0, 0.05) is 11.6 Å². The highest BCUT2D eigenvalue weighted by Crippen LogP contribution is 2.39. The molecule has 0 saturated carbocycles. The van der Waals surface area contributed by atoms with Gasteiger partial charge in [-0.05, 0) is 25.8 Å². The van der Waals surface area contributed by atoms with E-state index >= 15 is 0 Å². The van der Waals surface area contributed by atoms with Gasteiger partial charge in [0.1, 0.15) is 12.1 Å². The lowest BCUT2D eigenvalue weighted by atomic mass is 9.82. The summed E-state index contributed by atoms with van der Waals surface area (Å²) in [5.41, 5.74) is 0.463. The Kier molecular flexibility index (Phi) is 5.87. The van der Waals surface area contributed by atoms with Crippen LogP contribution in [0.25, 0.3) is 0 Å². The minimum absolute atomic E-state index is 0.284. The Bertz CT molecular complexity index is 1190. The summed E-state index contributed by atoms with van der Waals surface area (Å²) >= 11 is 0. The number of Topliss-reactive ketones (excluding diaryl/α,β-unsaturated/α-hetero) is 1. The highest BCUT2D eigenvalue weighted by Gasteiger charge is 2.52. The topological polar surface area (TPSA) is 118 Å². The first-order valence-corrected chi connectivity index (χ1v) is 10.5. The second-order valence-corrected chi connectivity index (χ2v) is 8.12. The lowest BCUT2D eigenvalue weighted by Crippen LogP contribution is -2.52. The highest BCUT2D eigenvalue weighted by atomic mass is 16.6. The summed E-state index contributed by atoms with van der Waals surface area (Å²) in [4.78, 5) is 63.7. The number of amides is 3. The van der Waals surface area contributed by atoms with Gasteiger partial charge in [-0.1, -0.05) is 54.1 Å². The predicted octanol–water partition coefficient (Wildman–Crippen LogP) is 3.18. The number of benzene rings is 2. The SMILES string of the molecule is CC1=CC[C@H]2C(=O)N(N(CC(=O)c3ccccc3)C(=O)c3ccccc3[N+](=O)[O-])C(=O)[C@@H]2C1. The first-order chi connectivity index (χ1) is 15.8. The maximum atomic E-state index is 13.5. The number of nitro benzene ring substituents is 1. The molecule has 1 saturated heterocycles. The summed E-state index contributed by atoms with van der Waals surface area (Å²) < 4.78 is 0. The number of hydrazine groups is 1. The fraction of sp³-hybridized carbons (Fsp3) is 0.250. The number of nitrogens with zero attached hydrogens (tertiary/aromatic N) is 3. The van der Waals surface area contributed by atoms with E-state index in [0.29, 0.717) is 12.8 Å². The Balaban J connectivity index is 1.75. The summed E-state index contributed by atoms with van der Waals surface area (Å²) in [6.07, 6.45) is 2.63. The average molecular weight is 447 g/mol. The number of hydrogen-bond donors (Lipinski definition) is 0. The molecule has 2 aromatic rings. The van der Waals surface area contributed by atoms with Gasteiger partial charge in [-0.15, -0.1) is 0 Å². The second-order valence-electron chi connectivity index (χ2n) is 8.12. The molecule has 2 aliphatic rings. The van der Waals surface area contributed by atoms with Gasteiger partial charge >= 0.3 is 0 Å². The first kappa shape index (κ1) is 22.1. The van der Waals surface area contributed by atoms with Crippen molar-refractivity contribution in [2.24, 2.45) is 11.8 Å². The van der Waals surface area contributed by atoms with E-state index < -0.39 is 52.5 Å². The fourth-order valence-electron chi connectivity index (χ4n) is 4.30. The number of nitro groups is 1. The Labute approximate surface area is 189 Å². The molecule has 0 aromatic heterocycles. The van der Waals surface area contributed by atoms with E-state index in [1.54, 1.807) is 30.3 Å². The van der Waals surface area contributed by atoms with Gasteiger partial charge in [0.05, 0.1) is 16.8 Å². The zero-order chi connectivity index (χ0) is 23.7. The molecular weight excluding hydrogens is 426 g/mol. The highest BCUT2D eigenvalue weighted by molar-refractivity contribution is 6.10. The molecule has 0 unspecified atom stereocenters. The molecule has 1 aliphatic carbocycles. The predicted molar refractivity (Wildman–Crippen MR) is 117 cm³/mol. The molecule has 9 nitrogen and oxygen atoms in total. The normalized spacial score (nSPS) is 19.7. The zero-order valence-corrected chi connectivity index (χ0v) is 17.8. The monoisotopic (exact) mass is 447 g/mol. The van der Waals surface area contributed by atoms with Crippen molar-refractivity contribution in [3.63, 3.8) is 0 Å². The number of carbonyl (C=O) groups is 4. The van der Waals surface area contributed by atoms with Crippen molar-refractivity contribution >= 4 is 29.2 Å². The largest absolute Gasteiger partial charge is 0.292 e. The third-order valence-electron chi connectivity index (χ3n) is 6.00. The maximum absolute atomic E-state index is 13.5. The van der Waals surface area contributed by atoms with Crippen LogP contribution in [0, 0.1) is 22.0 Å². The minimum Gasteiger partial charge on any atom is -0.292 e. The molecule has 0 N–H and O–H groups in total. The Morgan fingerprint density at radius 1 is 1.03 bits per heavy atom. The number of rotatable bonds is 6.